The molecule has 1 aromatic carbocycles. The highest BCUT2D eigenvalue weighted by atomic mass is 32.1. The van der Waals surface area contributed by atoms with Crippen molar-refractivity contribution < 1.29 is 9.84 Å². The van der Waals surface area contributed by atoms with E-state index >= 15 is 0 Å². The number of β-amino-alcohol motifs (C(OH)–C–C–N with tert-alkyl or cyclic N) is 1. The Morgan fingerprint density at radius 3 is 2.83 bits per heavy atom. The number of thiophene rings is 1. The highest BCUT2D eigenvalue weighted by Crippen LogP contribution is 2.38. The lowest BCUT2D eigenvalue weighted by molar-refractivity contribution is 0.154. The van der Waals surface area contributed by atoms with Gasteiger partial charge >= 0.3 is 0 Å². The lowest BCUT2D eigenvalue weighted by Gasteiger charge is -2.31. The van der Waals surface area contributed by atoms with Gasteiger partial charge in [-0.1, -0.05) is 12.1 Å². The van der Waals surface area contributed by atoms with Crippen molar-refractivity contribution >= 4 is 27.4 Å². The predicted octanol–water partition coefficient (Wildman–Crippen LogP) is 3.33. The molecule has 0 radical (unpaired) electrons. The first-order chi connectivity index (χ1) is 11.8. The number of hydrogen-bond acceptors (Lipinski definition) is 6. The topological polar surface area (TPSA) is 58.5 Å². The molecule has 5 nitrogen and oxygen atoms in total. The summed E-state index contributed by atoms with van der Waals surface area (Å²) in [6, 6.07) is 8.05. The van der Waals surface area contributed by atoms with Crippen molar-refractivity contribution in [1.82, 2.24) is 9.97 Å². The number of hydrogen-bond donors (Lipinski definition) is 1. The van der Waals surface area contributed by atoms with Crippen molar-refractivity contribution in [1.29, 1.82) is 0 Å². The van der Waals surface area contributed by atoms with Gasteiger partial charge in [0.15, 0.2) is 0 Å². The minimum absolute atomic E-state index is 0.285. The van der Waals surface area contributed by atoms with Gasteiger partial charge in [0.05, 0.1) is 18.6 Å². The largest absolute Gasteiger partial charge is 0.497 e. The van der Waals surface area contributed by atoms with E-state index in [2.05, 4.69) is 32.4 Å². The van der Waals surface area contributed by atoms with Crippen molar-refractivity contribution in [2.75, 3.05) is 25.1 Å². The van der Waals surface area contributed by atoms with E-state index < -0.39 is 0 Å². The summed E-state index contributed by atoms with van der Waals surface area (Å²) >= 11 is 1.63. The molecule has 0 saturated carbocycles. The maximum absolute atomic E-state index is 10.0. The van der Waals surface area contributed by atoms with E-state index in [9.17, 15) is 5.11 Å². The van der Waals surface area contributed by atoms with E-state index in [4.69, 9.17) is 4.74 Å². The fraction of sp³-hybridized carbons (Fsp3) is 0.333. The quantitative estimate of drug-likeness (QED) is 0.792. The van der Waals surface area contributed by atoms with Gasteiger partial charge in [0, 0.05) is 24.0 Å². The van der Waals surface area contributed by atoms with Crippen molar-refractivity contribution in [2.24, 2.45) is 0 Å². The molecule has 6 heteroatoms. The lowest BCUT2D eigenvalue weighted by atomic mass is 10.0. The number of aromatic nitrogens is 2. The second kappa shape index (κ2) is 6.37. The molecular formula is C18H19N3O2S. The van der Waals surface area contributed by atoms with Crippen LogP contribution >= 0.6 is 11.3 Å². The minimum atomic E-state index is -0.285. The Balaban J connectivity index is 1.81. The third-order valence-electron chi connectivity index (χ3n) is 4.45. The Labute approximate surface area is 144 Å². The number of aliphatic hydroxyl groups is 1. The molecule has 3 heterocycles. The maximum Gasteiger partial charge on any atom is 0.141 e. The molecule has 0 aliphatic carbocycles. The molecule has 1 N–H and O–H groups in total. The van der Waals surface area contributed by atoms with Crippen LogP contribution in [0.4, 0.5) is 5.82 Å². The van der Waals surface area contributed by atoms with Crippen LogP contribution in [0.2, 0.25) is 0 Å². The Bertz CT molecular complexity index is 847. The van der Waals surface area contributed by atoms with Crippen molar-refractivity contribution in [3.8, 4) is 16.9 Å². The molecule has 24 heavy (non-hydrogen) atoms. The van der Waals surface area contributed by atoms with Crippen LogP contribution in [0.25, 0.3) is 21.3 Å². The van der Waals surface area contributed by atoms with E-state index in [-0.39, 0.29) is 6.10 Å². The third kappa shape index (κ3) is 2.72. The molecule has 1 aliphatic heterocycles. The van der Waals surface area contributed by atoms with Crippen molar-refractivity contribution in [3.05, 3.63) is 36.0 Å². The molecule has 0 bridgehead atoms. The van der Waals surface area contributed by atoms with Gasteiger partial charge in [0.2, 0.25) is 0 Å². The molecule has 4 rings (SSSR count). The molecule has 0 spiro atoms. The SMILES string of the molecule is COc1ccc(-c2csc3ncnc(N4CCC[C@H](O)C4)c23)cc1. The summed E-state index contributed by atoms with van der Waals surface area (Å²) in [5.74, 6) is 1.76. The fourth-order valence-electron chi connectivity index (χ4n) is 3.23. The van der Waals surface area contributed by atoms with Crippen LogP contribution in [-0.4, -0.2) is 41.4 Å². The summed E-state index contributed by atoms with van der Waals surface area (Å²) < 4.78 is 5.25. The average molecular weight is 341 g/mol. The standard InChI is InChI=1S/C18H19N3O2S/c1-23-14-6-4-12(5-7-14)15-10-24-18-16(15)17(19-11-20-18)21-8-2-3-13(22)9-21/h4-7,10-11,13,22H,2-3,8-9H2,1H3/t13-/m0/s1. The molecule has 1 saturated heterocycles. The number of aliphatic hydroxyl groups excluding tert-OH is 1. The molecule has 124 valence electrons. The van der Waals surface area contributed by atoms with Gasteiger partial charge < -0.3 is 14.7 Å². The van der Waals surface area contributed by atoms with Gasteiger partial charge in [-0.15, -0.1) is 11.3 Å². The summed E-state index contributed by atoms with van der Waals surface area (Å²) in [5.41, 5.74) is 2.25. The van der Waals surface area contributed by atoms with Gasteiger partial charge in [0.25, 0.3) is 0 Å². The summed E-state index contributed by atoms with van der Waals surface area (Å²) in [4.78, 5) is 12.1. The van der Waals surface area contributed by atoms with E-state index in [1.807, 2.05) is 12.1 Å². The average Bonchev–Trinajstić information content (AvgIpc) is 3.06. The summed E-state index contributed by atoms with van der Waals surface area (Å²) in [6.07, 6.45) is 3.17. The van der Waals surface area contributed by atoms with Gasteiger partial charge in [-0.3, -0.25) is 0 Å². The number of fused-ring (bicyclic) bond motifs is 1. The van der Waals surface area contributed by atoms with E-state index in [1.165, 1.54) is 0 Å². The smallest absolute Gasteiger partial charge is 0.141 e. The second-order valence-electron chi connectivity index (χ2n) is 6.00. The zero-order chi connectivity index (χ0) is 16.5. The van der Waals surface area contributed by atoms with Crippen LogP contribution < -0.4 is 9.64 Å². The van der Waals surface area contributed by atoms with Crippen LogP contribution in [0, 0.1) is 0 Å². The summed E-state index contributed by atoms with van der Waals surface area (Å²) in [6.45, 7) is 1.55. The zero-order valence-electron chi connectivity index (χ0n) is 13.5. The molecule has 1 atom stereocenters. The zero-order valence-corrected chi connectivity index (χ0v) is 14.3. The van der Waals surface area contributed by atoms with Crippen LogP contribution in [0.15, 0.2) is 36.0 Å². The molecule has 3 aromatic rings. The number of piperidine rings is 1. The number of benzene rings is 1. The number of methoxy groups -OCH3 is 1. The molecule has 1 aliphatic rings. The monoisotopic (exact) mass is 341 g/mol. The molecule has 0 amide bonds. The van der Waals surface area contributed by atoms with Crippen LogP contribution in [0.1, 0.15) is 12.8 Å². The van der Waals surface area contributed by atoms with Gasteiger partial charge in [-0.25, -0.2) is 9.97 Å². The van der Waals surface area contributed by atoms with Crippen LogP contribution in [0.3, 0.4) is 0 Å². The first kappa shape index (κ1) is 15.4. The van der Waals surface area contributed by atoms with Gasteiger partial charge in [0.1, 0.15) is 22.7 Å². The normalized spacial score (nSPS) is 18.1. The number of ether oxygens (including phenoxy) is 1. The minimum Gasteiger partial charge on any atom is -0.497 e. The number of anilines is 1. The summed E-state index contributed by atoms with van der Waals surface area (Å²) in [7, 11) is 1.67. The number of rotatable bonds is 3. The van der Waals surface area contributed by atoms with Crippen molar-refractivity contribution in [3.63, 3.8) is 0 Å². The highest BCUT2D eigenvalue weighted by molar-refractivity contribution is 7.17. The van der Waals surface area contributed by atoms with Gasteiger partial charge in [-0.05, 0) is 30.5 Å². The van der Waals surface area contributed by atoms with Crippen LogP contribution in [0.5, 0.6) is 5.75 Å². The van der Waals surface area contributed by atoms with Gasteiger partial charge in [-0.2, -0.15) is 0 Å². The van der Waals surface area contributed by atoms with E-state index in [0.29, 0.717) is 6.54 Å². The van der Waals surface area contributed by atoms with E-state index in [0.717, 1.165) is 52.3 Å². The number of nitrogens with zero attached hydrogens (tertiary/aromatic N) is 3. The molecule has 1 fully saturated rings. The predicted molar refractivity (Wildman–Crippen MR) is 96.9 cm³/mol. The fourth-order valence-corrected chi connectivity index (χ4v) is 4.14. The lowest BCUT2D eigenvalue weighted by Crippen LogP contribution is -2.38. The maximum atomic E-state index is 10.0. The molecular weight excluding hydrogens is 322 g/mol. The Morgan fingerprint density at radius 2 is 2.08 bits per heavy atom. The molecule has 0 unspecified atom stereocenters. The van der Waals surface area contributed by atoms with E-state index in [1.54, 1.807) is 24.8 Å². The molecule has 2 aromatic heterocycles. The third-order valence-corrected chi connectivity index (χ3v) is 5.33. The highest BCUT2D eigenvalue weighted by Gasteiger charge is 2.23. The van der Waals surface area contributed by atoms with Crippen LogP contribution in [-0.2, 0) is 0 Å². The first-order valence-corrected chi connectivity index (χ1v) is 8.94. The Kier molecular flexibility index (Phi) is 4.08. The Morgan fingerprint density at radius 1 is 1.25 bits per heavy atom. The van der Waals surface area contributed by atoms with Crippen molar-refractivity contribution in [2.45, 2.75) is 18.9 Å². The summed E-state index contributed by atoms with van der Waals surface area (Å²) in [5, 5.41) is 13.2. The first-order valence-electron chi connectivity index (χ1n) is 8.06. The second-order valence-corrected chi connectivity index (χ2v) is 6.86. The Hall–Kier alpha value is -2.18.